The predicted octanol–water partition coefficient (Wildman–Crippen LogP) is 3.62. The van der Waals surface area contributed by atoms with Gasteiger partial charge in [0.25, 0.3) is 5.91 Å². The van der Waals surface area contributed by atoms with E-state index >= 15 is 0 Å². The monoisotopic (exact) mass is 447 g/mol. The number of benzene rings is 1. The van der Waals surface area contributed by atoms with Crippen molar-refractivity contribution in [1.82, 2.24) is 15.2 Å². The molecule has 0 bridgehead atoms. The lowest BCUT2D eigenvalue weighted by atomic mass is 9.77. The van der Waals surface area contributed by atoms with E-state index in [9.17, 15) is 18.0 Å². The summed E-state index contributed by atoms with van der Waals surface area (Å²) in [5.41, 5.74) is 4.16. The second kappa shape index (κ2) is 10.0. The Hall–Kier alpha value is -2.45. The van der Waals surface area contributed by atoms with Gasteiger partial charge < -0.3 is 10.1 Å². The summed E-state index contributed by atoms with van der Waals surface area (Å²) >= 11 is 0. The van der Waals surface area contributed by atoms with Gasteiger partial charge in [0, 0.05) is 23.7 Å². The molecule has 0 saturated carbocycles. The van der Waals surface area contributed by atoms with Gasteiger partial charge in [-0.3, -0.25) is 14.7 Å². The number of carbonyl (C=O) groups excluding carboxylic acids is 1. The maximum Gasteiger partial charge on any atom is 0.315 e. The van der Waals surface area contributed by atoms with E-state index in [1.165, 1.54) is 12.8 Å². The minimum absolute atomic E-state index is 0.148. The predicted molar refractivity (Wildman–Crippen MR) is 115 cm³/mol. The van der Waals surface area contributed by atoms with Crippen molar-refractivity contribution < 1.29 is 22.7 Å². The molecule has 32 heavy (non-hydrogen) atoms. The van der Waals surface area contributed by atoms with Gasteiger partial charge >= 0.3 is 6.43 Å². The highest BCUT2D eigenvalue weighted by atomic mass is 19.3. The van der Waals surface area contributed by atoms with Gasteiger partial charge in [-0.15, -0.1) is 0 Å². The average molecular weight is 448 g/mol. The number of halogens is 3. The number of rotatable bonds is 8. The van der Waals surface area contributed by atoms with Crippen LogP contribution in [0.2, 0.25) is 0 Å². The Labute approximate surface area is 186 Å². The molecular weight excluding hydrogens is 419 g/mol. The van der Waals surface area contributed by atoms with Gasteiger partial charge in [-0.05, 0) is 49.5 Å². The molecule has 1 unspecified atom stereocenters. The van der Waals surface area contributed by atoms with Crippen molar-refractivity contribution in [2.24, 2.45) is 5.41 Å². The van der Waals surface area contributed by atoms with Gasteiger partial charge in [-0.2, -0.15) is 8.78 Å². The lowest BCUT2D eigenvalue weighted by Crippen LogP contribution is -2.50. The largest absolute Gasteiger partial charge is 0.380 e. The minimum atomic E-state index is -3.15. The SMILES string of the molecule is O=C(NC(CF)Cc1ccc(-c2ccc(CN3CCC4(CC3)COC4)nc2)cc1)C(F)F. The second-order valence-electron chi connectivity index (χ2n) is 8.87. The molecule has 1 aromatic carbocycles. The van der Waals surface area contributed by atoms with Crippen LogP contribution in [-0.2, 0) is 22.5 Å². The van der Waals surface area contributed by atoms with Crippen molar-refractivity contribution in [3.8, 4) is 11.1 Å². The minimum Gasteiger partial charge on any atom is -0.380 e. The zero-order valence-electron chi connectivity index (χ0n) is 17.9. The van der Waals surface area contributed by atoms with E-state index in [0.717, 1.165) is 55.2 Å². The van der Waals surface area contributed by atoms with Gasteiger partial charge in [0.15, 0.2) is 0 Å². The van der Waals surface area contributed by atoms with Crippen LogP contribution >= 0.6 is 0 Å². The number of ether oxygens (including phenoxy) is 1. The van der Waals surface area contributed by atoms with Crippen LogP contribution in [0.1, 0.15) is 24.1 Å². The molecule has 1 aromatic heterocycles. The topological polar surface area (TPSA) is 54.5 Å². The van der Waals surface area contributed by atoms with Crippen molar-refractivity contribution in [1.29, 1.82) is 0 Å². The molecule has 2 fully saturated rings. The molecule has 2 saturated heterocycles. The number of nitrogens with one attached hydrogen (secondary N) is 1. The van der Waals surface area contributed by atoms with Crippen LogP contribution in [0.5, 0.6) is 0 Å². The first-order valence-corrected chi connectivity index (χ1v) is 11.0. The lowest BCUT2D eigenvalue weighted by Gasteiger charge is -2.47. The number of pyridine rings is 1. The molecule has 0 radical (unpaired) electrons. The Morgan fingerprint density at radius 3 is 2.31 bits per heavy atom. The number of hydrogen-bond donors (Lipinski definition) is 1. The summed E-state index contributed by atoms with van der Waals surface area (Å²) in [6.45, 7) is 3.90. The van der Waals surface area contributed by atoms with Crippen LogP contribution in [0.15, 0.2) is 42.6 Å². The third-order valence-corrected chi connectivity index (χ3v) is 6.44. The summed E-state index contributed by atoms with van der Waals surface area (Å²) in [6, 6.07) is 10.5. The maximum absolute atomic E-state index is 13.1. The fourth-order valence-electron chi connectivity index (χ4n) is 4.31. The molecule has 3 heterocycles. The molecule has 4 rings (SSSR count). The fraction of sp³-hybridized carbons (Fsp3) is 0.500. The van der Waals surface area contributed by atoms with E-state index in [0.29, 0.717) is 5.41 Å². The van der Waals surface area contributed by atoms with E-state index in [-0.39, 0.29) is 6.42 Å². The van der Waals surface area contributed by atoms with Crippen molar-refractivity contribution in [3.63, 3.8) is 0 Å². The summed E-state index contributed by atoms with van der Waals surface area (Å²) < 4.78 is 43.2. The first-order chi connectivity index (χ1) is 15.5. The van der Waals surface area contributed by atoms with E-state index < -0.39 is 25.0 Å². The zero-order valence-corrected chi connectivity index (χ0v) is 17.9. The smallest absolute Gasteiger partial charge is 0.315 e. The first kappa shape index (κ1) is 22.7. The Morgan fingerprint density at radius 2 is 1.78 bits per heavy atom. The molecular formula is C24H28F3N3O2. The maximum atomic E-state index is 13.1. The van der Waals surface area contributed by atoms with E-state index in [1.54, 1.807) is 0 Å². The van der Waals surface area contributed by atoms with Crippen LogP contribution in [0, 0.1) is 5.41 Å². The number of likely N-dealkylation sites (tertiary alicyclic amines) is 1. The first-order valence-electron chi connectivity index (χ1n) is 11.0. The fourth-order valence-corrected chi connectivity index (χ4v) is 4.31. The summed E-state index contributed by atoms with van der Waals surface area (Å²) in [6.07, 6.45) is 1.23. The van der Waals surface area contributed by atoms with Gasteiger partial charge in [-0.25, -0.2) is 4.39 Å². The molecule has 1 amide bonds. The molecule has 2 aliphatic rings. The summed E-state index contributed by atoms with van der Waals surface area (Å²) in [5.74, 6) is -1.45. The summed E-state index contributed by atoms with van der Waals surface area (Å²) in [7, 11) is 0. The highest BCUT2D eigenvalue weighted by Crippen LogP contribution is 2.38. The van der Waals surface area contributed by atoms with Crippen molar-refractivity contribution in [2.45, 2.75) is 38.3 Å². The van der Waals surface area contributed by atoms with E-state index in [1.807, 2.05) is 47.9 Å². The molecule has 2 aromatic rings. The number of piperidine rings is 1. The molecule has 5 nitrogen and oxygen atoms in total. The number of amides is 1. The number of hydrogen-bond acceptors (Lipinski definition) is 4. The highest BCUT2D eigenvalue weighted by molar-refractivity contribution is 5.79. The second-order valence-corrected chi connectivity index (χ2v) is 8.87. The Kier molecular flexibility index (Phi) is 7.10. The van der Waals surface area contributed by atoms with E-state index in [4.69, 9.17) is 4.74 Å². The van der Waals surface area contributed by atoms with Gasteiger partial charge in [0.1, 0.15) is 6.67 Å². The third kappa shape index (κ3) is 5.48. The molecule has 2 aliphatic heterocycles. The van der Waals surface area contributed by atoms with Crippen LogP contribution in [0.4, 0.5) is 13.2 Å². The normalized spacial score (nSPS) is 19.0. The van der Waals surface area contributed by atoms with Crippen molar-refractivity contribution >= 4 is 5.91 Å². The molecule has 1 N–H and O–H groups in total. The van der Waals surface area contributed by atoms with Crippen LogP contribution in [0.25, 0.3) is 11.1 Å². The van der Waals surface area contributed by atoms with Gasteiger partial charge in [-0.1, -0.05) is 30.3 Å². The summed E-state index contributed by atoms with van der Waals surface area (Å²) in [4.78, 5) is 18.2. The standard InChI is InChI=1S/C24H28F3N3O2/c25-12-21(29-23(31)22(26)27)11-17-1-3-18(4-2-17)19-5-6-20(28-13-19)14-30-9-7-24(8-10-30)15-32-16-24/h1-6,13,21-22H,7-12,14-16H2,(H,29,31). The number of aromatic nitrogens is 1. The van der Waals surface area contributed by atoms with Crippen molar-refractivity contribution in [3.05, 3.63) is 53.9 Å². The summed E-state index contributed by atoms with van der Waals surface area (Å²) in [5, 5.41) is 2.03. The van der Waals surface area contributed by atoms with Crippen LogP contribution in [0.3, 0.4) is 0 Å². The van der Waals surface area contributed by atoms with Crippen molar-refractivity contribution in [2.75, 3.05) is 33.0 Å². The van der Waals surface area contributed by atoms with Gasteiger partial charge in [0.2, 0.25) is 0 Å². The average Bonchev–Trinajstić information content (AvgIpc) is 2.79. The van der Waals surface area contributed by atoms with Crippen LogP contribution < -0.4 is 5.32 Å². The lowest BCUT2D eigenvalue weighted by molar-refractivity contribution is -0.140. The Balaban J connectivity index is 1.30. The molecule has 0 aliphatic carbocycles. The number of carbonyl (C=O) groups is 1. The molecule has 1 atom stereocenters. The van der Waals surface area contributed by atoms with Gasteiger partial charge in [0.05, 0.1) is 24.9 Å². The quantitative estimate of drug-likeness (QED) is 0.672. The molecule has 1 spiro atoms. The molecule has 172 valence electrons. The molecule has 8 heteroatoms. The zero-order chi connectivity index (χ0) is 22.6. The van der Waals surface area contributed by atoms with Crippen LogP contribution in [-0.4, -0.2) is 61.2 Å². The Bertz CT molecular complexity index is 892. The third-order valence-electron chi connectivity index (χ3n) is 6.44. The highest BCUT2D eigenvalue weighted by Gasteiger charge is 2.41. The van der Waals surface area contributed by atoms with E-state index in [2.05, 4.69) is 9.88 Å². The number of alkyl halides is 3. The Morgan fingerprint density at radius 1 is 1.09 bits per heavy atom. The number of nitrogens with zero attached hydrogens (tertiary/aromatic N) is 2.